The molecular weight excluding hydrogens is 664 g/mol. The summed E-state index contributed by atoms with van der Waals surface area (Å²) in [5.41, 5.74) is 0. The van der Waals surface area contributed by atoms with E-state index in [9.17, 15) is 0 Å². The van der Waals surface area contributed by atoms with Gasteiger partial charge in [-0.1, -0.05) is 0 Å². The van der Waals surface area contributed by atoms with Crippen molar-refractivity contribution >= 4 is 0 Å². The molecule has 0 atom stereocenters. The Kier molecular flexibility index (Phi) is 14.6. The molecule has 0 amide bonds. The third-order valence-electron chi connectivity index (χ3n) is 2.37. The SMILES string of the molecule is N#[C][Fe-3]([C]#N)([C]#N)([C]#N)([C]#N)[C]#N.N#[C][Fe-3]([C]#N)([C]#N)([C]#N)([C]#N)[C]#N.[Cu].[Ni+2].[Ni+2].[Ni+2]. The normalized spacial score (nSPS) is 11.6. The van der Waals surface area contributed by atoms with E-state index in [1.807, 2.05) is 0 Å². The number of hydrogen-bond donors (Lipinski definition) is 0. The molecule has 18 heteroatoms. The quantitative estimate of drug-likeness (QED) is 0.314. The molecule has 0 bridgehead atoms. The van der Waals surface area contributed by atoms with Gasteiger partial charge in [-0.05, 0) is 0 Å². The van der Waals surface area contributed by atoms with Gasteiger partial charge in [-0.3, -0.25) is 0 Å². The van der Waals surface area contributed by atoms with Gasteiger partial charge in [0.05, 0.1) is 0 Å². The van der Waals surface area contributed by atoms with Crippen LogP contribution >= 0.6 is 0 Å². The third-order valence-corrected chi connectivity index (χ3v) is 9.78. The van der Waals surface area contributed by atoms with Crippen molar-refractivity contribution in [3.63, 3.8) is 0 Å². The molecule has 0 N–H and O–H groups in total. The fraction of sp³-hybridized carbons (Fsp3) is 0. The van der Waals surface area contributed by atoms with E-state index in [-0.39, 0.29) is 66.5 Å². The van der Waals surface area contributed by atoms with Crippen molar-refractivity contribution in [2.45, 2.75) is 0 Å². The second-order valence-corrected chi connectivity index (χ2v) is 14.8. The van der Waals surface area contributed by atoms with Crippen LogP contribution in [-0.2, 0) is 88.0 Å². The van der Waals surface area contributed by atoms with Crippen LogP contribution in [0.4, 0.5) is 0 Å². The van der Waals surface area contributed by atoms with Gasteiger partial charge in [0.25, 0.3) is 0 Å². The largest absolute Gasteiger partial charge is 2.00 e. The molecule has 0 saturated carbocycles. The molecule has 0 heterocycles. The smallest absolute Gasteiger partial charge is 0 e. The second kappa shape index (κ2) is 10.6. The molecule has 0 aliphatic rings. The van der Waals surface area contributed by atoms with Gasteiger partial charge in [0.2, 0.25) is 0 Å². The molecule has 0 saturated heterocycles. The first kappa shape index (κ1) is 41.3. The average molecular weight is 664 g/mol. The van der Waals surface area contributed by atoms with Crippen LogP contribution in [0.1, 0.15) is 0 Å². The van der Waals surface area contributed by atoms with Crippen molar-refractivity contribution in [2.24, 2.45) is 0 Å². The Morgan fingerprint density at radius 1 is 0.267 bits per heavy atom. The van der Waals surface area contributed by atoms with Crippen LogP contribution in [0.3, 0.4) is 0 Å². The van der Waals surface area contributed by atoms with Gasteiger partial charge in [-0.25, -0.2) is 0 Å². The molecule has 0 aliphatic heterocycles. The van der Waals surface area contributed by atoms with Crippen LogP contribution in [0, 0.1) is 123 Å². The van der Waals surface area contributed by atoms with E-state index in [2.05, 4.69) is 0 Å². The summed E-state index contributed by atoms with van der Waals surface area (Å²) >= 11 is 0. The van der Waals surface area contributed by atoms with Crippen molar-refractivity contribution in [3.05, 3.63) is 0 Å². The predicted octanol–water partition coefficient (Wildman–Crippen LogP) is 0.186. The number of hydrogen-bond acceptors (Lipinski definition) is 12. The van der Waals surface area contributed by atoms with Crippen LogP contribution in [0.2, 0.25) is 0 Å². The summed E-state index contributed by atoms with van der Waals surface area (Å²) in [6.45, 7) is 0. The summed E-state index contributed by atoms with van der Waals surface area (Å²) in [6, 6.07) is 0. The standard InChI is InChI=1S/12CN.Cu.2Fe.3Ni/c12*1-2;;;;;;/q;;;;;;;;;;;;;2*-3;3*+2. The van der Waals surface area contributed by atoms with Gasteiger partial charge in [-0.15, -0.1) is 0 Å². The van der Waals surface area contributed by atoms with Crippen molar-refractivity contribution in [2.75, 3.05) is 0 Å². The average Bonchev–Trinajstić information content (AvgIpc) is 2.77. The summed E-state index contributed by atoms with van der Waals surface area (Å²) in [5.74, 6) is 0. The maximum absolute atomic E-state index is 8.58. The molecule has 1 radical (unpaired) electrons. The minimum absolute atomic E-state index is 0. The zero-order valence-electron chi connectivity index (χ0n) is 13.3. The number of nitrogens with zero attached hydrogens (tertiary/aromatic N) is 12. The summed E-state index contributed by atoms with van der Waals surface area (Å²) in [7, 11) is -12.3. The zero-order chi connectivity index (χ0) is 21.3. The minimum atomic E-state index is -6.17. The summed E-state index contributed by atoms with van der Waals surface area (Å²) in [4.78, 5) is 12.4. The van der Waals surface area contributed by atoms with E-state index in [1.54, 1.807) is 0 Å². The van der Waals surface area contributed by atoms with Gasteiger partial charge in [0.1, 0.15) is 0 Å². The van der Waals surface area contributed by atoms with Crippen molar-refractivity contribution in [1.29, 1.82) is 63.1 Å². The Bertz CT molecular complexity index is 896. The van der Waals surface area contributed by atoms with Gasteiger partial charge in [0, 0.05) is 17.1 Å². The van der Waals surface area contributed by atoms with Crippen molar-refractivity contribution in [1.82, 2.24) is 0 Å². The van der Waals surface area contributed by atoms with Gasteiger partial charge < -0.3 is 0 Å². The Morgan fingerprint density at radius 3 is 0.333 bits per heavy atom. The topological polar surface area (TPSA) is 285 Å². The van der Waals surface area contributed by atoms with E-state index in [0.29, 0.717) is 0 Å². The fourth-order valence-corrected chi connectivity index (χ4v) is 2.19. The summed E-state index contributed by atoms with van der Waals surface area (Å²) < 4.78 is 0. The molecule has 12 nitrogen and oxygen atoms in total. The predicted molar refractivity (Wildman–Crippen MR) is 67.4 cm³/mol. The van der Waals surface area contributed by atoms with Crippen LogP contribution in [-0.4, -0.2) is 0 Å². The molecule has 0 aromatic carbocycles. The second-order valence-electron chi connectivity index (χ2n) is 3.60. The maximum atomic E-state index is 8.58. The molecule has 0 spiro atoms. The zero-order valence-corrected chi connectivity index (χ0v) is 19.4. The van der Waals surface area contributed by atoms with Crippen LogP contribution < -0.4 is 0 Å². The van der Waals surface area contributed by atoms with Gasteiger partial charge in [0.15, 0.2) is 0 Å². The maximum Gasteiger partial charge on any atom is 2.00 e. The van der Waals surface area contributed by atoms with Crippen molar-refractivity contribution < 1.29 is 88.0 Å². The van der Waals surface area contributed by atoms with E-state index < -0.39 is 21.5 Å². The van der Waals surface area contributed by atoms with Gasteiger partial charge >= 0.3 is 194 Å². The van der Waals surface area contributed by atoms with E-state index >= 15 is 0 Å². The third kappa shape index (κ3) is 4.40. The molecular formula is C12CuFe2N12Ni3. The molecule has 0 fully saturated rings. The molecule has 0 rings (SSSR count). The van der Waals surface area contributed by atoms with Crippen LogP contribution in [0.25, 0.3) is 0 Å². The first-order chi connectivity index (χ1) is 11.9. The van der Waals surface area contributed by atoms with Crippen molar-refractivity contribution in [3.8, 4) is 59.6 Å². The Hall–Kier alpha value is -3.08. The molecule has 0 aromatic rings. The molecule has 0 unspecified atom stereocenters. The molecule has 30 heavy (non-hydrogen) atoms. The van der Waals surface area contributed by atoms with E-state index in [0.717, 1.165) is 59.6 Å². The van der Waals surface area contributed by atoms with Gasteiger partial charge in [-0.2, -0.15) is 0 Å². The Balaban J connectivity index is -0.0000000847. The Labute approximate surface area is 209 Å². The van der Waals surface area contributed by atoms with E-state index in [4.69, 9.17) is 63.1 Å². The molecule has 0 aliphatic carbocycles. The summed E-state index contributed by atoms with van der Waals surface area (Å²) in [5, 5.41) is 103. The summed E-state index contributed by atoms with van der Waals surface area (Å²) in [6.07, 6.45) is 0. The number of rotatable bonds is 0. The number of nitriles is 12. The minimum Gasteiger partial charge on any atom is 0 e. The monoisotopic (exact) mass is 661 g/mol. The Morgan fingerprint density at radius 2 is 0.333 bits per heavy atom. The first-order valence-corrected chi connectivity index (χ1v) is 11.4. The molecule has 0 aromatic heterocycles. The van der Waals surface area contributed by atoms with Crippen LogP contribution in [0.5, 0.6) is 0 Å². The van der Waals surface area contributed by atoms with Crippen LogP contribution in [0.15, 0.2) is 0 Å². The van der Waals surface area contributed by atoms with E-state index in [1.165, 1.54) is 0 Å². The molecule has 165 valence electrons. The first-order valence-electron chi connectivity index (χ1n) is 4.80. The fourth-order valence-electron chi connectivity index (χ4n) is 0.530.